The maximum atomic E-state index is 11.9. The van der Waals surface area contributed by atoms with E-state index in [0.29, 0.717) is 15.1 Å². The lowest BCUT2D eigenvalue weighted by atomic mass is 10.1. The van der Waals surface area contributed by atoms with Gasteiger partial charge in [-0.25, -0.2) is 0 Å². The molecule has 0 fully saturated rings. The van der Waals surface area contributed by atoms with Crippen molar-refractivity contribution in [1.29, 1.82) is 0 Å². The van der Waals surface area contributed by atoms with Gasteiger partial charge in [0.05, 0.1) is 4.47 Å². The Kier molecular flexibility index (Phi) is 5.05. The first-order valence-corrected chi connectivity index (χ1v) is 7.28. The number of carbonyl (C=O) groups excluding carboxylic acids is 1. The van der Waals surface area contributed by atoms with Crippen LogP contribution in [0.2, 0.25) is 5.02 Å². The molecular formula is C15H11BrClNO4. The maximum Gasteiger partial charge on any atom is 0.184 e. The minimum absolute atomic E-state index is 0.0251. The van der Waals surface area contributed by atoms with Crippen molar-refractivity contribution < 1.29 is 20.1 Å². The van der Waals surface area contributed by atoms with Crippen LogP contribution < -0.4 is 0 Å². The number of aromatic hydroxyl groups is 3. The lowest BCUT2D eigenvalue weighted by molar-refractivity contribution is 0.100. The Morgan fingerprint density at radius 3 is 2.59 bits per heavy atom. The molecule has 2 aromatic rings. The molecular weight excluding hydrogens is 374 g/mol. The van der Waals surface area contributed by atoms with Gasteiger partial charge < -0.3 is 15.3 Å². The van der Waals surface area contributed by atoms with E-state index in [0.717, 1.165) is 0 Å². The van der Waals surface area contributed by atoms with Gasteiger partial charge >= 0.3 is 0 Å². The summed E-state index contributed by atoms with van der Waals surface area (Å²) in [6.45, 7) is -0.173. The van der Waals surface area contributed by atoms with Gasteiger partial charge in [0, 0.05) is 22.4 Å². The van der Waals surface area contributed by atoms with Crippen molar-refractivity contribution in [1.82, 2.24) is 0 Å². The van der Waals surface area contributed by atoms with E-state index in [4.69, 9.17) is 11.6 Å². The molecule has 7 heteroatoms. The van der Waals surface area contributed by atoms with Gasteiger partial charge in [-0.2, -0.15) is 0 Å². The molecule has 0 unspecified atom stereocenters. The van der Waals surface area contributed by atoms with Gasteiger partial charge in [-0.1, -0.05) is 11.6 Å². The summed E-state index contributed by atoms with van der Waals surface area (Å²) in [5.74, 6) is -1.03. The first-order chi connectivity index (χ1) is 10.4. The molecule has 3 N–H and O–H groups in total. The van der Waals surface area contributed by atoms with Crippen molar-refractivity contribution in [3.05, 3.63) is 51.0 Å². The van der Waals surface area contributed by atoms with E-state index in [1.54, 1.807) is 6.07 Å². The molecule has 2 rings (SSSR count). The summed E-state index contributed by atoms with van der Waals surface area (Å²) in [4.78, 5) is 15.9. The molecule has 5 nitrogen and oxygen atoms in total. The summed E-state index contributed by atoms with van der Waals surface area (Å²) in [7, 11) is 0. The number of hydrogen-bond acceptors (Lipinski definition) is 5. The van der Waals surface area contributed by atoms with Gasteiger partial charge in [0.15, 0.2) is 17.3 Å². The fourth-order valence-electron chi connectivity index (χ4n) is 1.70. The highest BCUT2D eigenvalue weighted by Gasteiger charge is 2.09. The minimum Gasteiger partial charge on any atom is -0.506 e. The number of phenols is 3. The van der Waals surface area contributed by atoms with Crippen LogP contribution in [0.4, 0.5) is 0 Å². The van der Waals surface area contributed by atoms with Gasteiger partial charge in [0.1, 0.15) is 12.3 Å². The summed E-state index contributed by atoms with van der Waals surface area (Å²) in [6, 6.07) is 6.84. The van der Waals surface area contributed by atoms with Gasteiger partial charge in [0.25, 0.3) is 0 Å². The van der Waals surface area contributed by atoms with Crippen molar-refractivity contribution in [2.45, 2.75) is 0 Å². The van der Waals surface area contributed by atoms with Crippen LogP contribution in [0.25, 0.3) is 0 Å². The molecule has 114 valence electrons. The predicted octanol–water partition coefficient (Wildman–Crippen LogP) is 3.52. The van der Waals surface area contributed by atoms with Crippen molar-refractivity contribution in [3.63, 3.8) is 0 Å². The lowest BCUT2D eigenvalue weighted by Gasteiger charge is -2.03. The van der Waals surface area contributed by atoms with Crippen LogP contribution in [-0.4, -0.2) is 33.9 Å². The second-order valence-electron chi connectivity index (χ2n) is 4.42. The molecule has 0 saturated heterocycles. The topological polar surface area (TPSA) is 90.1 Å². The number of Topliss-reactive ketones (excluding diaryl/α,β-unsaturated/α-hetero) is 1. The van der Waals surface area contributed by atoms with E-state index in [1.165, 1.54) is 30.5 Å². The molecule has 0 radical (unpaired) electrons. The molecule has 0 aliphatic rings. The molecule has 0 heterocycles. The Morgan fingerprint density at radius 2 is 1.91 bits per heavy atom. The van der Waals surface area contributed by atoms with Gasteiger partial charge in [-0.05, 0) is 46.3 Å². The highest BCUT2D eigenvalue weighted by Crippen LogP contribution is 2.30. The smallest absolute Gasteiger partial charge is 0.184 e. The van der Waals surface area contributed by atoms with Gasteiger partial charge in [0.2, 0.25) is 0 Å². The number of halogens is 2. The third-order valence-electron chi connectivity index (χ3n) is 2.82. The largest absolute Gasteiger partial charge is 0.506 e. The number of carbonyl (C=O) groups is 1. The number of aliphatic imine (C=N–C) groups is 1. The first kappa shape index (κ1) is 16.3. The molecule has 0 saturated carbocycles. The third-order valence-corrected chi connectivity index (χ3v) is 3.64. The first-order valence-electron chi connectivity index (χ1n) is 6.11. The second-order valence-corrected chi connectivity index (χ2v) is 5.71. The lowest BCUT2D eigenvalue weighted by Crippen LogP contribution is -2.03. The van der Waals surface area contributed by atoms with Crippen LogP contribution in [0.15, 0.2) is 39.8 Å². The Balaban J connectivity index is 2.12. The summed E-state index contributed by atoms with van der Waals surface area (Å²) in [5.41, 5.74) is 0.602. The monoisotopic (exact) mass is 383 g/mol. The van der Waals surface area contributed by atoms with Crippen molar-refractivity contribution in [3.8, 4) is 17.2 Å². The molecule has 0 bridgehead atoms. The summed E-state index contributed by atoms with van der Waals surface area (Å²) >= 11 is 9.03. The molecule has 0 spiro atoms. The van der Waals surface area contributed by atoms with E-state index < -0.39 is 0 Å². The van der Waals surface area contributed by atoms with Crippen LogP contribution in [0.5, 0.6) is 17.2 Å². The number of ketones is 1. The van der Waals surface area contributed by atoms with Crippen molar-refractivity contribution in [2.75, 3.05) is 6.54 Å². The minimum atomic E-state index is -0.369. The number of rotatable bonds is 4. The molecule has 0 atom stereocenters. The standard InChI is InChI=1S/C15H11BrClNO4/c16-11-5-10(17)3-9(15(11)22)6-18-7-14(21)8-1-2-12(19)13(20)4-8/h1-6,19-20,22H,7H2. The summed E-state index contributed by atoms with van der Waals surface area (Å²) in [5, 5.41) is 28.8. The summed E-state index contributed by atoms with van der Waals surface area (Å²) < 4.78 is 0.427. The van der Waals surface area contributed by atoms with Crippen LogP contribution in [0.1, 0.15) is 15.9 Å². The third kappa shape index (κ3) is 3.78. The zero-order valence-electron chi connectivity index (χ0n) is 11.1. The van der Waals surface area contributed by atoms with Crippen molar-refractivity contribution >= 4 is 39.5 Å². The number of hydrogen-bond donors (Lipinski definition) is 3. The quantitative estimate of drug-likeness (QED) is 0.427. The highest BCUT2D eigenvalue weighted by atomic mass is 79.9. The van der Waals surface area contributed by atoms with Crippen LogP contribution in [-0.2, 0) is 0 Å². The van der Waals surface area contributed by atoms with Crippen molar-refractivity contribution in [2.24, 2.45) is 4.99 Å². The predicted molar refractivity (Wildman–Crippen MR) is 87.4 cm³/mol. The number of benzene rings is 2. The fourth-order valence-corrected chi connectivity index (χ4v) is 2.53. The molecule has 0 amide bonds. The SMILES string of the molecule is O=C(CN=Cc1cc(Cl)cc(Br)c1O)c1ccc(O)c(O)c1. The Morgan fingerprint density at radius 1 is 1.18 bits per heavy atom. The zero-order valence-corrected chi connectivity index (χ0v) is 13.5. The van der Waals surface area contributed by atoms with Gasteiger partial charge in [-0.15, -0.1) is 0 Å². The van der Waals surface area contributed by atoms with E-state index in [1.807, 2.05) is 0 Å². The maximum absolute atomic E-state index is 11.9. The molecule has 0 aromatic heterocycles. The molecule has 0 aliphatic heterocycles. The molecule has 2 aromatic carbocycles. The molecule has 0 aliphatic carbocycles. The van der Waals surface area contributed by atoms with E-state index in [9.17, 15) is 20.1 Å². The van der Waals surface area contributed by atoms with E-state index in [-0.39, 0.29) is 35.1 Å². The van der Waals surface area contributed by atoms with Crippen LogP contribution in [0, 0.1) is 0 Å². The number of phenolic OH excluding ortho intramolecular Hbond substituents is 3. The van der Waals surface area contributed by atoms with E-state index in [2.05, 4.69) is 20.9 Å². The number of nitrogens with zero attached hydrogens (tertiary/aromatic N) is 1. The normalized spacial score (nSPS) is 11.0. The molecule has 22 heavy (non-hydrogen) atoms. The Labute approximate surface area is 139 Å². The average Bonchev–Trinajstić information content (AvgIpc) is 2.46. The van der Waals surface area contributed by atoms with Gasteiger partial charge in [-0.3, -0.25) is 9.79 Å². The summed E-state index contributed by atoms with van der Waals surface area (Å²) in [6.07, 6.45) is 1.34. The Bertz CT molecular complexity index is 761. The Hall–Kier alpha value is -2.05. The second kappa shape index (κ2) is 6.81. The fraction of sp³-hybridized carbons (Fsp3) is 0.0667. The van der Waals surface area contributed by atoms with E-state index >= 15 is 0 Å². The average molecular weight is 385 g/mol. The highest BCUT2D eigenvalue weighted by molar-refractivity contribution is 9.10. The van der Waals surface area contributed by atoms with Crippen LogP contribution in [0.3, 0.4) is 0 Å². The zero-order chi connectivity index (χ0) is 16.3. The van der Waals surface area contributed by atoms with Crippen LogP contribution >= 0.6 is 27.5 Å².